The molecule has 0 unspecified atom stereocenters. The van der Waals surface area contributed by atoms with Gasteiger partial charge in [0, 0.05) is 31.7 Å². The number of para-hydroxylation sites is 1. The highest BCUT2D eigenvalue weighted by atomic mass is 79.9. The molecule has 0 fully saturated rings. The maximum Gasteiger partial charge on any atom is 0.136 e. The second kappa shape index (κ2) is 7.09. The smallest absolute Gasteiger partial charge is 0.136 e. The fraction of sp³-hybridized carbons (Fsp3) is 0. The van der Waals surface area contributed by atoms with E-state index in [0.717, 1.165) is 32.1 Å². The first-order chi connectivity index (χ1) is 16.3. The maximum absolute atomic E-state index is 6.11. The Morgan fingerprint density at radius 3 is 2.27 bits per heavy atom. The number of nitrogens with zero attached hydrogens (tertiary/aromatic N) is 1. The van der Waals surface area contributed by atoms with Crippen molar-refractivity contribution in [1.82, 2.24) is 4.57 Å². The predicted octanol–water partition coefficient (Wildman–Crippen LogP) is 9.11. The van der Waals surface area contributed by atoms with E-state index in [1.54, 1.807) is 0 Å². The summed E-state index contributed by atoms with van der Waals surface area (Å²) in [4.78, 5) is 0. The van der Waals surface area contributed by atoms with E-state index in [1.165, 1.54) is 32.9 Å². The molecule has 0 spiro atoms. The molecule has 5 aromatic carbocycles. The highest BCUT2D eigenvalue weighted by Crippen LogP contribution is 2.38. The van der Waals surface area contributed by atoms with Gasteiger partial charge in [0.1, 0.15) is 11.2 Å². The molecular formula is C30H18BrNO. The monoisotopic (exact) mass is 487 g/mol. The van der Waals surface area contributed by atoms with Gasteiger partial charge >= 0.3 is 0 Å². The Hall–Kier alpha value is -3.82. The first-order valence-electron chi connectivity index (χ1n) is 11.0. The summed E-state index contributed by atoms with van der Waals surface area (Å²) in [6.07, 6.45) is 0. The van der Waals surface area contributed by atoms with Crippen LogP contribution in [0.15, 0.2) is 118 Å². The molecule has 3 heteroatoms. The van der Waals surface area contributed by atoms with Crippen LogP contribution >= 0.6 is 15.9 Å². The molecule has 0 N–H and O–H groups in total. The van der Waals surface area contributed by atoms with Crippen molar-refractivity contribution in [3.8, 4) is 16.8 Å². The average Bonchev–Trinajstić information content (AvgIpc) is 3.40. The molecule has 2 nitrogen and oxygen atoms in total. The third-order valence-electron chi connectivity index (χ3n) is 6.47. The minimum Gasteiger partial charge on any atom is -0.456 e. The SMILES string of the molecule is Brc1cccc2oc3ccc(-n4c5ccccc5c5cc(-c6ccccc6)ccc54)cc3c12. The van der Waals surface area contributed by atoms with E-state index in [-0.39, 0.29) is 0 Å². The summed E-state index contributed by atoms with van der Waals surface area (Å²) in [5.74, 6) is 0. The lowest BCUT2D eigenvalue weighted by atomic mass is 10.0. The zero-order chi connectivity index (χ0) is 21.9. The quantitative estimate of drug-likeness (QED) is 0.237. The molecule has 156 valence electrons. The van der Waals surface area contributed by atoms with Gasteiger partial charge in [0.25, 0.3) is 0 Å². The normalized spacial score (nSPS) is 11.8. The van der Waals surface area contributed by atoms with E-state index >= 15 is 0 Å². The van der Waals surface area contributed by atoms with Crippen molar-refractivity contribution in [2.45, 2.75) is 0 Å². The third kappa shape index (κ3) is 2.79. The molecule has 0 atom stereocenters. The summed E-state index contributed by atoms with van der Waals surface area (Å²) >= 11 is 3.71. The molecule has 0 saturated carbocycles. The number of rotatable bonds is 2. The van der Waals surface area contributed by atoms with Gasteiger partial charge in [0.2, 0.25) is 0 Å². The average molecular weight is 488 g/mol. The van der Waals surface area contributed by atoms with Gasteiger partial charge in [-0.05, 0) is 59.7 Å². The van der Waals surface area contributed by atoms with Crippen molar-refractivity contribution in [2.24, 2.45) is 0 Å². The van der Waals surface area contributed by atoms with E-state index < -0.39 is 0 Å². The van der Waals surface area contributed by atoms with Crippen LogP contribution in [0.1, 0.15) is 0 Å². The number of benzene rings is 5. The predicted molar refractivity (Wildman–Crippen MR) is 141 cm³/mol. The van der Waals surface area contributed by atoms with Crippen molar-refractivity contribution in [3.63, 3.8) is 0 Å². The van der Waals surface area contributed by atoms with E-state index in [1.807, 2.05) is 12.1 Å². The van der Waals surface area contributed by atoms with E-state index in [4.69, 9.17) is 4.42 Å². The molecule has 7 rings (SSSR count). The molecular weight excluding hydrogens is 470 g/mol. The molecule has 0 aliphatic heterocycles. The summed E-state index contributed by atoms with van der Waals surface area (Å²) in [7, 11) is 0. The van der Waals surface area contributed by atoms with Gasteiger partial charge in [-0.25, -0.2) is 0 Å². The van der Waals surface area contributed by atoms with Crippen molar-refractivity contribution in [2.75, 3.05) is 0 Å². The molecule has 0 radical (unpaired) electrons. The van der Waals surface area contributed by atoms with E-state index in [0.29, 0.717) is 0 Å². The number of aromatic nitrogens is 1. The number of fused-ring (bicyclic) bond motifs is 6. The zero-order valence-corrected chi connectivity index (χ0v) is 19.2. The maximum atomic E-state index is 6.11. The molecule has 0 bridgehead atoms. The lowest BCUT2D eigenvalue weighted by Crippen LogP contribution is -1.93. The summed E-state index contributed by atoms with van der Waals surface area (Å²) in [6, 6.07) is 38.5. The van der Waals surface area contributed by atoms with Gasteiger partial charge in [-0.1, -0.05) is 76.6 Å². The minimum absolute atomic E-state index is 0.895. The van der Waals surface area contributed by atoms with Crippen LogP contribution in [0, 0.1) is 0 Å². The fourth-order valence-electron chi connectivity index (χ4n) is 4.97. The lowest BCUT2D eigenvalue weighted by Gasteiger charge is -2.09. The van der Waals surface area contributed by atoms with Crippen LogP contribution < -0.4 is 0 Å². The molecule has 0 saturated heterocycles. The Morgan fingerprint density at radius 1 is 0.545 bits per heavy atom. The fourth-order valence-corrected chi connectivity index (χ4v) is 5.53. The first-order valence-corrected chi connectivity index (χ1v) is 11.8. The third-order valence-corrected chi connectivity index (χ3v) is 7.13. The zero-order valence-electron chi connectivity index (χ0n) is 17.6. The second-order valence-electron chi connectivity index (χ2n) is 8.35. The molecule has 7 aromatic rings. The van der Waals surface area contributed by atoms with Gasteiger partial charge in [-0.2, -0.15) is 0 Å². The molecule has 2 heterocycles. The second-order valence-corrected chi connectivity index (χ2v) is 9.20. The van der Waals surface area contributed by atoms with Crippen LogP contribution in [0.3, 0.4) is 0 Å². The van der Waals surface area contributed by atoms with Crippen molar-refractivity contribution in [1.29, 1.82) is 0 Å². The topological polar surface area (TPSA) is 18.1 Å². The van der Waals surface area contributed by atoms with Gasteiger partial charge in [0.15, 0.2) is 0 Å². The molecule has 0 aliphatic carbocycles. The Kier molecular flexibility index (Phi) is 4.02. The Balaban J connectivity index is 1.54. The molecule has 33 heavy (non-hydrogen) atoms. The highest BCUT2D eigenvalue weighted by Gasteiger charge is 2.15. The standard InChI is InChI=1S/C30H18BrNO/c31-25-10-6-12-29-30(25)24-18-21(14-16-28(24)33-29)32-26-11-5-4-9-22(26)23-17-20(13-15-27(23)32)19-7-2-1-3-8-19/h1-18H. The molecule has 2 aromatic heterocycles. The van der Waals surface area contributed by atoms with E-state index in [2.05, 4.69) is 118 Å². The Bertz CT molecular complexity index is 1830. The van der Waals surface area contributed by atoms with Crippen LogP contribution in [0.2, 0.25) is 0 Å². The number of halogens is 1. The summed E-state index contributed by atoms with van der Waals surface area (Å²) in [5.41, 5.74) is 7.77. The number of hydrogen-bond donors (Lipinski definition) is 0. The highest BCUT2D eigenvalue weighted by molar-refractivity contribution is 9.10. The van der Waals surface area contributed by atoms with Crippen LogP contribution in [-0.4, -0.2) is 4.57 Å². The van der Waals surface area contributed by atoms with Crippen molar-refractivity contribution in [3.05, 3.63) is 114 Å². The Morgan fingerprint density at radius 2 is 1.36 bits per heavy atom. The number of furan rings is 1. The molecule has 0 aliphatic rings. The minimum atomic E-state index is 0.895. The van der Waals surface area contributed by atoms with Crippen LogP contribution in [0.25, 0.3) is 60.6 Å². The summed E-state index contributed by atoms with van der Waals surface area (Å²) in [5, 5.41) is 4.73. The van der Waals surface area contributed by atoms with Gasteiger partial charge < -0.3 is 8.98 Å². The van der Waals surface area contributed by atoms with Crippen molar-refractivity contribution < 1.29 is 4.42 Å². The summed E-state index contributed by atoms with van der Waals surface area (Å²) < 4.78 is 9.51. The molecule has 0 amide bonds. The van der Waals surface area contributed by atoms with Crippen molar-refractivity contribution >= 4 is 59.7 Å². The Labute approximate surface area is 198 Å². The van der Waals surface area contributed by atoms with Gasteiger partial charge in [-0.3, -0.25) is 0 Å². The van der Waals surface area contributed by atoms with Crippen LogP contribution in [-0.2, 0) is 0 Å². The van der Waals surface area contributed by atoms with Crippen LogP contribution in [0.5, 0.6) is 0 Å². The van der Waals surface area contributed by atoms with Gasteiger partial charge in [-0.15, -0.1) is 0 Å². The summed E-state index contributed by atoms with van der Waals surface area (Å²) in [6.45, 7) is 0. The largest absolute Gasteiger partial charge is 0.456 e. The van der Waals surface area contributed by atoms with Crippen LogP contribution in [0.4, 0.5) is 0 Å². The van der Waals surface area contributed by atoms with E-state index in [9.17, 15) is 0 Å². The number of hydrogen-bond acceptors (Lipinski definition) is 1. The van der Waals surface area contributed by atoms with Gasteiger partial charge in [0.05, 0.1) is 11.0 Å². The first kappa shape index (κ1) is 18.7. The lowest BCUT2D eigenvalue weighted by molar-refractivity contribution is 0.669.